The van der Waals surface area contributed by atoms with E-state index in [1.54, 1.807) is 7.11 Å². The topological polar surface area (TPSA) is 26.3 Å². The molecule has 0 saturated heterocycles. The summed E-state index contributed by atoms with van der Waals surface area (Å²) in [7, 11) is 1.55. The van der Waals surface area contributed by atoms with Crippen molar-refractivity contribution in [3.05, 3.63) is 28.8 Å². The number of hydrogen-bond donors (Lipinski definition) is 0. The molecule has 0 heterocycles. The number of ether oxygens (including phenoxy) is 1. The Balaban J connectivity index is 3.39. The van der Waals surface area contributed by atoms with E-state index in [1.165, 1.54) is 0 Å². The molecule has 0 aliphatic heterocycles. The Hall–Kier alpha value is -1.02. The number of rotatable bonds is 4. The lowest BCUT2D eigenvalue weighted by molar-refractivity contribution is 0.107. The molecule has 0 N–H and O–H groups in total. The summed E-state index contributed by atoms with van der Waals surface area (Å²) >= 11 is 5.55. The summed E-state index contributed by atoms with van der Waals surface area (Å²) in [5.74, 6) is 0.575. The van der Waals surface area contributed by atoms with Crippen molar-refractivity contribution in [3.8, 4) is 5.75 Å². The highest BCUT2D eigenvalue weighted by atomic mass is 35.5. The van der Waals surface area contributed by atoms with E-state index in [-0.39, 0.29) is 0 Å². The third-order valence-electron chi connectivity index (χ3n) is 2.45. The number of halogens is 1. The van der Waals surface area contributed by atoms with Crippen molar-refractivity contribution in [2.24, 2.45) is 0 Å². The smallest absolute Gasteiger partial charge is 0.256 e. The first-order chi connectivity index (χ1) is 7.13. The molecule has 2 nitrogen and oxygen atoms in total. The molecule has 0 aromatic heterocycles. The van der Waals surface area contributed by atoms with Gasteiger partial charge in [-0.1, -0.05) is 19.9 Å². The zero-order valence-electron chi connectivity index (χ0n) is 9.26. The number of carbonyl (C=O) groups excluding carboxylic acids is 1. The Labute approximate surface area is 95.2 Å². The van der Waals surface area contributed by atoms with Gasteiger partial charge in [-0.3, -0.25) is 4.79 Å². The Morgan fingerprint density at radius 3 is 2.40 bits per heavy atom. The standard InChI is InChI=1S/C12H15ClO2/c1-4-8-6-9(5-2)11(12(13)14)10(7-8)15-3/h6-7H,4-5H2,1-3H3. The largest absolute Gasteiger partial charge is 0.496 e. The van der Waals surface area contributed by atoms with E-state index in [2.05, 4.69) is 6.92 Å². The van der Waals surface area contributed by atoms with Crippen LogP contribution in [0.3, 0.4) is 0 Å². The molecule has 0 spiro atoms. The van der Waals surface area contributed by atoms with Gasteiger partial charge < -0.3 is 4.74 Å². The molecule has 0 amide bonds. The lowest BCUT2D eigenvalue weighted by Gasteiger charge is -2.11. The van der Waals surface area contributed by atoms with Gasteiger partial charge in [0.1, 0.15) is 5.75 Å². The highest BCUT2D eigenvalue weighted by Crippen LogP contribution is 2.27. The van der Waals surface area contributed by atoms with E-state index in [0.717, 1.165) is 24.0 Å². The first kappa shape index (κ1) is 12.1. The number of methoxy groups -OCH3 is 1. The maximum absolute atomic E-state index is 11.3. The van der Waals surface area contributed by atoms with Gasteiger partial charge in [0.05, 0.1) is 12.7 Å². The molecule has 0 atom stereocenters. The molecule has 1 aromatic rings. The van der Waals surface area contributed by atoms with Crippen molar-refractivity contribution < 1.29 is 9.53 Å². The molecule has 82 valence electrons. The molecular formula is C12H15ClO2. The molecular weight excluding hydrogens is 212 g/mol. The predicted octanol–water partition coefficient (Wildman–Crippen LogP) is 3.20. The van der Waals surface area contributed by atoms with Gasteiger partial charge in [-0.25, -0.2) is 0 Å². The van der Waals surface area contributed by atoms with Crippen LogP contribution < -0.4 is 4.74 Å². The summed E-state index contributed by atoms with van der Waals surface area (Å²) in [6, 6.07) is 3.88. The van der Waals surface area contributed by atoms with E-state index in [4.69, 9.17) is 16.3 Å². The van der Waals surface area contributed by atoms with Crippen LogP contribution in [0.25, 0.3) is 0 Å². The first-order valence-corrected chi connectivity index (χ1v) is 5.41. The predicted molar refractivity (Wildman–Crippen MR) is 61.9 cm³/mol. The molecule has 1 aromatic carbocycles. The SMILES string of the molecule is CCc1cc(CC)c(C(=O)Cl)c(OC)c1. The summed E-state index contributed by atoms with van der Waals surface area (Å²) in [5, 5.41) is -0.452. The van der Waals surface area contributed by atoms with Gasteiger partial charge >= 0.3 is 0 Å². The van der Waals surface area contributed by atoms with Gasteiger partial charge in [0.15, 0.2) is 0 Å². The van der Waals surface area contributed by atoms with Crippen LogP contribution in [-0.4, -0.2) is 12.4 Å². The minimum atomic E-state index is -0.452. The molecule has 0 saturated carbocycles. The molecule has 0 unspecified atom stereocenters. The quantitative estimate of drug-likeness (QED) is 0.737. The third-order valence-corrected chi connectivity index (χ3v) is 2.64. The highest BCUT2D eigenvalue weighted by molar-refractivity contribution is 6.68. The second kappa shape index (κ2) is 5.17. The summed E-state index contributed by atoms with van der Waals surface area (Å²) in [6.45, 7) is 4.06. The van der Waals surface area contributed by atoms with Gasteiger partial charge in [-0.2, -0.15) is 0 Å². The Morgan fingerprint density at radius 2 is 2.00 bits per heavy atom. The normalized spacial score (nSPS) is 10.1. The molecule has 0 radical (unpaired) electrons. The van der Waals surface area contributed by atoms with Crippen molar-refractivity contribution in [3.63, 3.8) is 0 Å². The number of hydrogen-bond acceptors (Lipinski definition) is 2. The van der Waals surface area contributed by atoms with Crippen molar-refractivity contribution in [2.75, 3.05) is 7.11 Å². The molecule has 0 fully saturated rings. The fourth-order valence-electron chi connectivity index (χ4n) is 1.60. The van der Waals surface area contributed by atoms with Gasteiger partial charge in [-0.05, 0) is 41.6 Å². The Bertz CT molecular complexity index is 347. The van der Waals surface area contributed by atoms with Crippen LogP contribution in [0, 0.1) is 0 Å². The summed E-state index contributed by atoms with van der Waals surface area (Å²) in [5.41, 5.74) is 2.61. The van der Waals surface area contributed by atoms with Crippen LogP contribution in [0.1, 0.15) is 35.3 Å². The molecule has 1 rings (SSSR count). The maximum atomic E-state index is 11.3. The fraction of sp³-hybridized carbons (Fsp3) is 0.417. The zero-order valence-corrected chi connectivity index (χ0v) is 10.0. The highest BCUT2D eigenvalue weighted by Gasteiger charge is 2.15. The Kier molecular flexibility index (Phi) is 4.15. The van der Waals surface area contributed by atoms with Crippen LogP contribution in [0.2, 0.25) is 0 Å². The van der Waals surface area contributed by atoms with Crippen LogP contribution in [0.5, 0.6) is 5.75 Å². The van der Waals surface area contributed by atoms with Crippen molar-refractivity contribution in [1.82, 2.24) is 0 Å². The second-order valence-electron chi connectivity index (χ2n) is 3.31. The number of benzene rings is 1. The zero-order chi connectivity index (χ0) is 11.4. The number of carbonyl (C=O) groups is 1. The Morgan fingerprint density at radius 1 is 1.33 bits per heavy atom. The van der Waals surface area contributed by atoms with E-state index in [9.17, 15) is 4.79 Å². The van der Waals surface area contributed by atoms with E-state index < -0.39 is 5.24 Å². The molecule has 15 heavy (non-hydrogen) atoms. The van der Waals surface area contributed by atoms with Crippen LogP contribution in [0.15, 0.2) is 12.1 Å². The first-order valence-electron chi connectivity index (χ1n) is 5.03. The van der Waals surface area contributed by atoms with E-state index in [1.807, 2.05) is 19.1 Å². The average molecular weight is 227 g/mol. The van der Waals surface area contributed by atoms with Crippen LogP contribution in [-0.2, 0) is 12.8 Å². The minimum Gasteiger partial charge on any atom is -0.496 e. The summed E-state index contributed by atoms with van der Waals surface area (Å²) < 4.78 is 5.19. The van der Waals surface area contributed by atoms with Crippen molar-refractivity contribution in [1.29, 1.82) is 0 Å². The fourth-order valence-corrected chi connectivity index (χ4v) is 1.82. The van der Waals surface area contributed by atoms with E-state index in [0.29, 0.717) is 11.3 Å². The molecule has 3 heteroatoms. The second-order valence-corrected chi connectivity index (χ2v) is 3.66. The van der Waals surface area contributed by atoms with E-state index >= 15 is 0 Å². The van der Waals surface area contributed by atoms with Crippen LogP contribution >= 0.6 is 11.6 Å². The lowest BCUT2D eigenvalue weighted by atomic mass is 10.00. The van der Waals surface area contributed by atoms with Gasteiger partial charge in [-0.15, -0.1) is 0 Å². The molecule has 0 aliphatic carbocycles. The summed E-state index contributed by atoms with van der Waals surface area (Å²) in [4.78, 5) is 11.3. The monoisotopic (exact) mass is 226 g/mol. The van der Waals surface area contributed by atoms with Crippen molar-refractivity contribution >= 4 is 16.8 Å². The van der Waals surface area contributed by atoms with Gasteiger partial charge in [0.25, 0.3) is 5.24 Å². The third kappa shape index (κ3) is 2.51. The average Bonchev–Trinajstić information content (AvgIpc) is 2.26. The molecule has 0 bridgehead atoms. The molecule has 0 aliphatic rings. The number of aryl methyl sites for hydroxylation is 2. The lowest BCUT2D eigenvalue weighted by Crippen LogP contribution is -2.02. The maximum Gasteiger partial charge on any atom is 0.256 e. The van der Waals surface area contributed by atoms with Crippen LogP contribution in [0.4, 0.5) is 0 Å². The van der Waals surface area contributed by atoms with Gasteiger partial charge in [0, 0.05) is 0 Å². The van der Waals surface area contributed by atoms with Gasteiger partial charge in [0.2, 0.25) is 0 Å². The van der Waals surface area contributed by atoms with Crippen molar-refractivity contribution in [2.45, 2.75) is 26.7 Å². The minimum absolute atomic E-state index is 0.452. The summed E-state index contributed by atoms with van der Waals surface area (Å²) in [6.07, 6.45) is 1.69.